The number of hydrogen-bond acceptors (Lipinski definition) is 4. The minimum Gasteiger partial charge on any atom is -0.306 e. The molecule has 6 aromatic carbocycles. The van der Waals surface area contributed by atoms with Gasteiger partial charge in [0.05, 0.1) is 34.1 Å². The normalized spacial score (nSPS) is 15.2. The third kappa shape index (κ3) is 5.66. The zero-order chi connectivity index (χ0) is 41.6. The molecule has 0 fully saturated rings. The molecule has 3 nitrogen and oxygen atoms in total. The van der Waals surface area contributed by atoms with Gasteiger partial charge in [-0.15, -0.1) is 11.3 Å². The summed E-state index contributed by atoms with van der Waals surface area (Å²) in [6, 6.07) is 45.0. The SMILES string of the molecule is CCc1cc2c3c(c1)N(c1ccc(C(C)(C)C)cc1)c1c(sc4cc5c(cc14)-c1ccccc1C5(C)C)N3c1cc(C(C)(C)C)ccc1N2c1ccc(C(C)(C)C)cc1. The molecule has 3 heterocycles. The molecule has 0 amide bonds. The number of nitrogens with zero attached hydrogens (tertiary/aromatic N) is 3. The quantitative estimate of drug-likeness (QED) is 0.176. The molecule has 0 bridgehead atoms. The summed E-state index contributed by atoms with van der Waals surface area (Å²) in [5.41, 5.74) is 20.6. The first-order valence-corrected chi connectivity index (χ1v) is 22.3. The molecule has 0 spiro atoms. The van der Waals surface area contributed by atoms with Gasteiger partial charge in [-0.2, -0.15) is 0 Å². The molecule has 10 rings (SSSR count). The van der Waals surface area contributed by atoms with E-state index in [4.69, 9.17) is 0 Å². The van der Waals surface area contributed by atoms with Crippen molar-refractivity contribution in [1.82, 2.24) is 0 Å². The van der Waals surface area contributed by atoms with Crippen LogP contribution >= 0.6 is 11.3 Å². The van der Waals surface area contributed by atoms with Gasteiger partial charge in [0.1, 0.15) is 5.00 Å². The second-order valence-electron chi connectivity index (χ2n) is 20.7. The highest BCUT2D eigenvalue weighted by Gasteiger charge is 2.43. The highest BCUT2D eigenvalue weighted by Crippen LogP contribution is 2.67. The summed E-state index contributed by atoms with van der Waals surface area (Å²) in [6.07, 6.45) is 0.931. The van der Waals surface area contributed by atoms with Crippen molar-refractivity contribution >= 4 is 71.9 Å². The lowest BCUT2D eigenvalue weighted by molar-refractivity contribution is 0.590. The molecule has 1 aliphatic carbocycles. The lowest BCUT2D eigenvalue weighted by Crippen LogP contribution is -2.30. The zero-order valence-electron chi connectivity index (χ0n) is 36.9. The van der Waals surface area contributed by atoms with Crippen molar-refractivity contribution in [3.63, 3.8) is 0 Å². The van der Waals surface area contributed by atoms with E-state index >= 15 is 0 Å². The van der Waals surface area contributed by atoms with Gasteiger partial charge in [-0.05, 0) is 128 Å². The van der Waals surface area contributed by atoms with E-state index in [9.17, 15) is 0 Å². The molecule has 0 saturated carbocycles. The Hall–Kier alpha value is -5.32. The van der Waals surface area contributed by atoms with Crippen LogP contribution in [0.3, 0.4) is 0 Å². The van der Waals surface area contributed by atoms with Gasteiger partial charge in [-0.25, -0.2) is 0 Å². The van der Waals surface area contributed by atoms with E-state index in [2.05, 4.69) is 213 Å². The largest absolute Gasteiger partial charge is 0.306 e. The standard InChI is InChI=1S/C55H57N3S/c1-13-33-28-46-50-47(29-33)57(38-25-20-35(21-26-38)53(5,6)7)49-41-31-40-39-16-14-15-17-42(39)55(11,12)43(40)32-48(41)59-51(49)58(50)45-30-36(54(8,9)10)22-27-44(45)56(46)37-23-18-34(19-24-37)52(2,3)4/h14-32H,13H2,1-12H3. The van der Waals surface area contributed by atoms with Crippen LogP contribution in [0.2, 0.25) is 0 Å². The summed E-state index contributed by atoms with van der Waals surface area (Å²) in [7, 11) is 0. The van der Waals surface area contributed by atoms with Crippen LogP contribution in [0.1, 0.15) is 116 Å². The molecule has 0 unspecified atom stereocenters. The fourth-order valence-corrected chi connectivity index (χ4v) is 11.0. The first-order chi connectivity index (χ1) is 27.9. The summed E-state index contributed by atoms with van der Waals surface area (Å²) >= 11 is 1.94. The fraction of sp³-hybridized carbons (Fsp3) is 0.309. The maximum absolute atomic E-state index is 2.64. The van der Waals surface area contributed by atoms with Gasteiger partial charge in [-0.3, -0.25) is 4.90 Å². The molecule has 298 valence electrons. The van der Waals surface area contributed by atoms with Crippen LogP contribution in [-0.2, 0) is 28.1 Å². The van der Waals surface area contributed by atoms with E-state index < -0.39 is 0 Å². The molecule has 2 aliphatic heterocycles. The Kier molecular flexibility index (Phi) is 8.10. The van der Waals surface area contributed by atoms with Gasteiger partial charge in [0.2, 0.25) is 0 Å². The van der Waals surface area contributed by atoms with Crippen molar-refractivity contribution < 1.29 is 0 Å². The van der Waals surface area contributed by atoms with Gasteiger partial charge in [0.15, 0.2) is 0 Å². The van der Waals surface area contributed by atoms with Crippen LogP contribution in [0.15, 0.2) is 115 Å². The molecular formula is C55H57N3S. The second-order valence-corrected chi connectivity index (χ2v) is 21.7. The maximum atomic E-state index is 2.64. The Morgan fingerprint density at radius 2 is 1.05 bits per heavy atom. The predicted octanol–water partition coefficient (Wildman–Crippen LogP) is 16.7. The second kappa shape index (κ2) is 12.6. The van der Waals surface area contributed by atoms with Crippen molar-refractivity contribution in [1.29, 1.82) is 0 Å². The highest BCUT2D eigenvalue weighted by atomic mass is 32.1. The summed E-state index contributed by atoms with van der Waals surface area (Å²) in [5, 5.41) is 2.57. The minimum atomic E-state index is -0.0817. The highest BCUT2D eigenvalue weighted by molar-refractivity contribution is 7.24. The van der Waals surface area contributed by atoms with Crippen LogP contribution in [0.5, 0.6) is 0 Å². The first-order valence-electron chi connectivity index (χ1n) is 21.5. The van der Waals surface area contributed by atoms with E-state index in [0.29, 0.717) is 0 Å². The lowest BCUT2D eigenvalue weighted by atomic mass is 9.82. The predicted molar refractivity (Wildman–Crippen MR) is 256 cm³/mol. The van der Waals surface area contributed by atoms with Crippen molar-refractivity contribution in [3.05, 3.63) is 149 Å². The average Bonchev–Trinajstić information content (AvgIpc) is 3.67. The van der Waals surface area contributed by atoms with Gasteiger partial charge in [0.25, 0.3) is 0 Å². The number of thiophene rings is 1. The molecule has 0 atom stereocenters. The summed E-state index contributed by atoms with van der Waals surface area (Å²) in [5.74, 6) is 0. The van der Waals surface area contributed by atoms with Gasteiger partial charge in [0, 0.05) is 26.9 Å². The average molecular weight is 792 g/mol. The van der Waals surface area contributed by atoms with Crippen LogP contribution in [0.25, 0.3) is 21.2 Å². The summed E-state index contributed by atoms with van der Waals surface area (Å²) < 4.78 is 1.32. The van der Waals surface area contributed by atoms with E-state index in [1.807, 2.05) is 11.3 Å². The Morgan fingerprint density at radius 1 is 0.492 bits per heavy atom. The summed E-state index contributed by atoms with van der Waals surface area (Å²) in [4.78, 5) is 7.78. The maximum Gasteiger partial charge on any atom is 0.126 e. The molecule has 4 heteroatoms. The molecule has 0 saturated heterocycles. The number of hydrogen-bond donors (Lipinski definition) is 0. The monoisotopic (exact) mass is 791 g/mol. The van der Waals surface area contributed by atoms with Crippen molar-refractivity contribution in [2.24, 2.45) is 0 Å². The third-order valence-electron chi connectivity index (χ3n) is 13.3. The Morgan fingerprint density at radius 3 is 1.64 bits per heavy atom. The van der Waals surface area contributed by atoms with E-state index in [1.54, 1.807) is 0 Å². The smallest absolute Gasteiger partial charge is 0.126 e. The van der Waals surface area contributed by atoms with Gasteiger partial charge in [-0.1, -0.05) is 138 Å². The number of aryl methyl sites for hydroxylation is 1. The van der Waals surface area contributed by atoms with Crippen molar-refractivity contribution in [3.8, 4) is 11.1 Å². The van der Waals surface area contributed by atoms with Crippen LogP contribution < -0.4 is 14.7 Å². The Balaban J connectivity index is 1.32. The topological polar surface area (TPSA) is 9.72 Å². The van der Waals surface area contributed by atoms with Crippen molar-refractivity contribution in [2.45, 2.75) is 111 Å². The molecule has 0 N–H and O–H groups in total. The van der Waals surface area contributed by atoms with Crippen LogP contribution in [-0.4, -0.2) is 0 Å². The van der Waals surface area contributed by atoms with Gasteiger partial charge < -0.3 is 9.80 Å². The number of benzene rings is 6. The summed E-state index contributed by atoms with van der Waals surface area (Å²) in [6.45, 7) is 27.9. The molecule has 3 aliphatic rings. The molecule has 1 aromatic heterocycles. The number of rotatable bonds is 3. The molecule has 59 heavy (non-hydrogen) atoms. The minimum absolute atomic E-state index is 0.0250. The first kappa shape index (κ1) is 37.9. The molecular weight excluding hydrogens is 735 g/mol. The Labute approximate surface area is 356 Å². The fourth-order valence-electron chi connectivity index (χ4n) is 9.77. The molecule has 7 aromatic rings. The number of anilines is 9. The molecule has 0 radical (unpaired) electrons. The van der Waals surface area contributed by atoms with Crippen molar-refractivity contribution in [2.75, 3.05) is 14.7 Å². The third-order valence-corrected chi connectivity index (χ3v) is 14.5. The van der Waals surface area contributed by atoms with E-state index in [-0.39, 0.29) is 21.7 Å². The number of fused-ring (bicyclic) bond motifs is 9. The van der Waals surface area contributed by atoms with Crippen LogP contribution in [0.4, 0.5) is 50.5 Å². The van der Waals surface area contributed by atoms with Gasteiger partial charge >= 0.3 is 0 Å². The van der Waals surface area contributed by atoms with E-state index in [1.165, 1.54) is 105 Å². The van der Waals surface area contributed by atoms with Crippen LogP contribution in [0, 0.1) is 0 Å². The zero-order valence-corrected chi connectivity index (χ0v) is 37.7. The van der Waals surface area contributed by atoms with E-state index in [0.717, 1.165) is 6.42 Å². The Bertz CT molecular complexity index is 2830. The lowest BCUT2D eigenvalue weighted by Gasteiger charge is -2.46.